The van der Waals surface area contributed by atoms with E-state index in [1.165, 1.54) is 4.88 Å². The monoisotopic (exact) mass is 437 g/mol. The minimum Gasteiger partial charge on any atom is -0.396 e. The third-order valence-electron chi connectivity index (χ3n) is 7.54. The normalized spacial score (nSPS) is 33.1. The zero-order valence-corrected chi connectivity index (χ0v) is 19.9. The topological polar surface area (TPSA) is 94.5 Å². The number of hydrogen-bond donors (Lipinski definition) is 4. The molecule has 30 heavy (non-hydrogen) atoms. The summed E-state index contributed by atoms with van der Waals surface area (Å²) in [6.45, 7) is 11.2. The molecule has 2 aliphatic rings. The number of hydrogen-bond acceptors (Lipinski definition) is 6. The molecule has 0 aromatic carbocycles. The maximum Gasteiger partial charge on any atom is 0.220 e. The Bertz CT molecular complexity index is 752. The van der Waals surface area contributed by atoms with Crippen LogP contribution >= 0.6 is 11.3 Å². The van der Waals surface area contributed by atoms with E-state index in [1.54, 1.807) is 11.3 Å². The van der Waals surface area contributed by atoms with Gasteiger partial charge >= 0.3 is 0 Å². The summed E-state index contributed by atoms with van der Waals surface area (Å²) in [6.07, 6.45) is 4.38. The third kappa shape index (κ3) is 4.26. The number of fused-ring (bicyclic) bond motifs is 2. The number of nitrogens with zero attached hydrogens (tertiary/aromatic N) is 1. The van der Waals surface area contributed by atoms with Crippen LogP contribution in [0.15, 0.2) is 0 Å². The van der Waals surface area contributed by atoms with Gasteiger partial charge in [0.15, 0.2) is 5.13 Å². The lowest BCUT2D eigenvalue weighted by Crippen LogP contribution is -2.57. The second-order valence-electron chi connectivity index (χ2n) is 10.1. The number of aliphatic hydroxyl groups is 2. The molecule has 1 aromatic heterocycles. The first-order valence-corrected chi connectivity index (χ1v) is 12.3. The zero-order valence-electron chi connectivity index (χ0n) is 19.1. The van der Waals surface area contributed by atoms with Gasteiger partial charge in [0, 0.05) is 35.2 Å². The van der Waals surface area contributed by atoms with E-state index in [0.717, 1.165) is 43.1 Å². The Kier molecular flexibility index (Phi) is 7.15. The van der Waals surface area contributed by atoms with Gasteiger partial charge in [0.2, 0.25) is 5.91 Å². The van der Waals surface area contributed by atoms with Crippen molar-refractivity contribution in [2.24, 2.45) is 16.7 Å². The van der Waals surface area contributed by atoms with Crippen LogP contribution in [-0.2, 0) is 11.2 Å². The van der Waals surface area contributed by atoms with Gasteiger partial charge in [-0.3, -0.25) is 4.79 Å². The summed E-state index contributed by atoms with van der Waals surface area (Å²) >= 11 is 1.68. The van der Waals surface area contributed by atoms with Crippen LogP contribution in [-0.4, -0.2) is 46.4 Å². The maximum atomic E-state index is 12.8. The Hall–Kier alpha value is -1.18. The number of carbonyl (C=O) groups excluding carboxylic acids is 1. The minimum atomic E-state index is -0.572. The van der Waals surface area contributed by atoms with Crippen LogP contribution in [0.2, 0.25) is 0 Å². The number of thiazole rings is 1. The van der Waals surface area contributed by atoms with Crippen LogP contribution in [0.5, 0.6) is 0 Å². The summed E-state index contributed by atoms with van der Waals surface area (Å²) in [5.74, 6) is 0.140. The first-order valence-electron chi connectivity index (χ1n) is 11.5. The van der Waals surface area contributed by atoms with Gasteiger partial charge in [-0.15, -0.1) is 11.3 Å². The van der Waals surface area contributed by atoms with Crippen molar-refractivity contribution >= 4 is 22.4 Å². The highest BCUT2D eigenvalue weighted by atomic mass is 32.1. The highest BCUT2D eigenvalue weighted by molar-refractivity contribution is 7.15. The summed E-state index contributed by atoms with van der Waals surface area (Å²) in [5, 5.41) is 28.5. The number of rotatable bonds is 8. The summed E-state index contributed by atoms with van der Waals surface area (Å²) < 4.78 is 0. The molecule has 5 unspecified atom stereocenters. The van der Waals surface area contributed by atoms with Crippen LogP contribution in [0.1, 0.15) is 83.2 Å². The Morgan fingerprint density at radius 2 is 2.10 bits per heavy atom. The first-order chi connectivity index (χ1) is 14.2. The molecule has 6 nitrogen and oxygen atoms in total. The third-order valence-corrected chi connectivity index (χ3v) is 8.59. The molecule has 1 amide bonds. The first kappa shape index (κ1) is 23.5. The van der Waals surface area contributed by atoms with Crippen molar-refractivity contribution in [3.8, 4) is 0 Å². The highest BCUT2D eigenvalue weighted by Gasteiger charge is 2.59. The second kappa shape index (κ2) is 9.13. The molecule has 7 heteroatoms. The number of amides is 1. The van der Waals surface area contributed by atoms with Gasteiger partial charge in [0.1, 0.15) is 0 Å². The van der Waals surface area contributed by atoms with Gasteiger partial charge in [0.25, 0.3) is 0 Å². The molecule has 0 spiro atoms. The molecule has 2 aliphatic carbocycles. The lowest BCUT2D eigenvalue weighted by molar-refractivity contribution is -0.144. The number of aromatic nitrogens is 1. The molecule has 0 bridgehead atoms. The van der Waals surface area contributed by atoms with Gasteiger partial charge in [-0.1, -0.05) is 27.2 Å². The largest absolute Gasteiger partial charge is 0.396 e. The van der Waals surface area contributed by atoms with Crippen molar-refractivity contribution in [1.29, 1.82) is 0 Å². The molecular formula is C23H39N3O3S. The summed E-state index contributed by atoms with van der Waals surface area (Å²) in [4.78, 5) is 19.0. The molecular weight excluding hydrogens is 398 g/mol. The van der Waals surface area contributed by atoms with Crippen molar-refractivity contribution < 1.29 is 15.0 Å². The fourth-order valence-corrected chi connectivity index (χ4v) is 6.75. The predicted molar refractivity (Wildman–Crippen MR) is 122 cm³/mol. The van der Waals surface area contributed by atoms with Gasteiger partial charge in [-0.05, 0) is 50.9 Å². The fraction of sp³-hybridized carbons (Fsp3) is 0.826. The molecule has 0 saturated heterocycles. The number of aliphatic hydroxyl groups excluding tert-OH is 2. The Morgan fingerprint density at radius 1 is 1.37 bits per heavy atom. The Morgan fingerprint density at radius 3 is 2.73 bits per heavy atom. The van der Waals surface area contributed by atoms with Crippen LogP contribution in [0.25, 0.3) is 0 Å². The molecule has 1 fully saturated rings. The van der Waals surface area contributed by atoms with Crippen molar-refractivity contribution in [2.75, 3.05) is 18.5 Å². The van der Waals surface area contributed by atoms with Gasteiger partial charge < -0.3 is 20.8 Å². The van der Waals surface area contributed by atoms with Crippen molar-refractivity contribution in [3.63, 3.8) is 0 Å². The number of carbonyl (C=O) groups is 1. The minimum absolute atomic E-state index is 0.0126. The Labute approximate surface area is 184 Å². The number of nitrogens with one attached hydrogen (secondary N) is 2. The van der Waals surface area contributed by atoms with Crippen molar-refractivity contribution in [1.82, 2.24) is 10.3 Å². The molecule has 5 atom stereocenters. The Balaban J connectivity index is 1.99. The fourth-order valence-electron chi connectivity index (χ4n) is 5.66. The van der Waals surface area contributed by atoms with Crippen LogP contribution < -0.4 is 10.6 Å². The summed E-state index contributed by atoms with van der Waals surface area (Å²) in [5.41, 5.74) is 0.290. The number of unbranched alkanes of at least 4 members (excludes halogenated alkanes) is 1. The number of anilines is 1. The smallest absolute Gasteiger partial charge is 0.220 e. The standard InChI is InChI=1S/C23H39N3O3S/c1-6-7-10-24-21-26-20-15(11-19(29)25-14(2)3)22(4)9-8-18(28)23(5,13-27)17(22)12-16(20)30-21/h14-15,17-18,27-28H,6-13H2,1-5H3,(H,24,26)(H,25,29). The zero-order chi connectivity index (χ0) is 22.1. The molecule has 1 aromatic rings. The van der Waals surface area contributed by atoms with E-state index in [-0.39, 0.29) is 35.8 Å². The quantitative estimate of drug-likeness (QED) is 0.466. The lowest BCUT2D eigenvalue weighted by Gasteiger charge is -2.58. The van der Waals surface area contributed by atoms with Gasteiger partial charge in [-0.2, -0.15) is 0 Å². The van der Waals surface area contributed by atoms with E-state index < -0.39 is 11.5 Å². The average Bonchev–Trinajstić information content (AvgIpc) is 3.09. The average molecular weight is 438 g/mol. The van der Waals surface area contributed by atoms with E-state index in [0.29, 0.717) is 12.8 Å². The van der Waals surface area contributed by atoms with Crippen LogP contribution in [0, 0.1) is 16.7 Å². The van der Waals surface area contributed by atoms with Crippen molar-refractivity contribution in [2.45, 2.75) is 91.2 Å². The molecule has 0 aliphatic heterocycles. The lowest BCUT2D eigenvalue weighted by atomic mass is 9.47. The SMILES string of the molecule is CCCCNc1nc2c(s1)CC1C(C)(CO)C(O)CCC1(C)C2CC(=O)NC(C)C. The van der Waals surface area contributed by atoms with Crippen LogP contribution in [0.4, 0.5) is 5.13 Å². The van der Waals surface area contributed by atoms with E-state index in [4.69, 9.17) is 4.98 Å². The highest BCUT2D eigenvalue weighted by Crippen LogP contribution is 2.62. The maximum absolute atomic E-state index is 12.8. The molecule has 0 radical (unpaired) electrons. The molecule has 1 saturated carbocycles. The molecule has 3 rings (SSSR count). The predicted octanol–water partition coefficient (Wildman–Crippen LogP) is 3.69. The summed E-state index contributed by atoms with van der Waals surface area (Å²) in [7, 11) is 0. The molecule has 4 N–H and O–H groups in total. The second-order valence-corrected chi connectivity index (χ2v) is 11.2. The van der Waals surface area contributed by atoms with E-state index in [1.807, 2.05) is 20.8 Å². The van der Waals surface area contributed by atoms with Gasteiger partial charge in [-0.25, -0.2) is 4.98 Å². The van der Waals surface area contributed by atoms with E-state index >= 15 is 0 Å². The molecule has 170 valence electrons. The van der Waals surface area contributed by atoms with Gasteiger partial charge in [0.05, 0.1) is 18.4 Å². The van der Waals surface area contributed by atoms with E-state index in [2.05, 4.69) is 24.5 Å². The molecule has 1 heterocycles. The van der Waals surface area contributed by atoms with Crippen LogP contribution in [0.3, 0.4) is 0 Å². The van der Waals surface area contributed by atoms with E-state index in [9.17, 15) is 15.0 Å². The van der Waals surface area contributed by atoms with Crippen molar-refractivity contribution in [3.05, 3.63) is 10.6 Å². The summed E-state index contributed by atoms with van der Waals surface area (Å²) in [6, 6.07) is 0.0988.